The molecule has 32 heavy (non-hydrogen) atoms. The molecule has 2 unspecified atom stereocenters. The quantitative estimate of drug-likeness (QED) is 0.592. The minimum absolute atomic E-state index is 0.0701. The van der Waals surface area contributed by atoms with Crippen molar-refractivity contribution in [3.63, 3.8) is 0 Å². The van der Waals surface area contributed by atoms with Crippen molar-refractivity contribution in [2.45, 2.75) is 39.3 Å². The molecule has 170 valence electrons. The number of likely N-dealkylation sites (tertiary alicyclic amines) is 1. The molecule has 1 fully saturated rings. The molecule has 7 heteroatoms. The maximum absolute atomic E-state index is 12.8. The molecule has 1 aliphatic heterocycles. The van der Waals surface area contributed by atoms with Gasteiger partial charge in [0, 0.05) is 24.3 Å². The predicted octanol–water partition coefficient (Wildman–Crippen LogP) is 2.78. The van der Waals surface area contributed by atoms with Gasteiger partial charge in [-0.3, -0.25) is 19.3 Å². The van der Waals surface area contributed by atoms with E-state index in [1.165, 1.54) is 0 Å². The second-order valence-electron chi connectivity index (χ2n) is 8.72. The fraction of sp³-hybridized carbons (Fsp3) is 0.400. The number of piperidine rings is 1. The van der Waals surface area contributed by atoms with Gasteiger partial charge in [-0.15, -0.1) is 0 Å². The molecule has 0 aliphatic carbocycles. The van der Waals surface area contributed by atoms with Crippen LogP contribution in [-0.4, -0.2) is 41.8 Å². The van der Waals surface area contributed by atoms with Crippen LogP contribution in [0.2, 0.25) is 0 Å². The first-order valence-corrected chi connectivity index (χ1v) is 11.1. The van der Waals surface area contributed by atoms with Crippen LogP contribution in [-0.2, 0) is 16.1 Å². The van der Waals surface area contributed by atoms with Gasteiger partial charge in [0.2, 0.25) is 11.8 Å². The van der Waals surface area contributed by atoms with Gasteiger partial charge in [-0.1, -0.05) is 44.2 Å². The van der Waals surface area contributed by atoms with Crippen LogP contribution in [0.4, 0.5) is 5.69 Å². The van der Waals surface area contributed by atoms with E-state index in [0.717, 1.165) is 31.5 Å². The van der Waals surface area contributed by atoms with Gasteiger partial charge < -0.3 is 16.4 Å². The zero-order chi connectivity index (χ0) is 23.1. The number of amides is 3. The van der Waals surface area contributed by atoms with Crippen LogP contribution in [0.25, 0.3) is 0 Å². The number of hydrogen-bond acceptors (Lipinski definition) is 4. The molecule has 0 bridgehead atoms. The Bertz CT molecular complexity index is 928. The number of nitrogens with two attached hydrogens (primary N) is 1. The van der Waals surface area contributed by atoms with E-state index < -0.39 is 6.04 Å². The van der Waals surface area contributed by atoms with Crippen LogP contribution < -0.4 is 16.4 Å². The molecule has 1 heterocycles. The van der Waals surface area contributed by atoms with Gasteiger partial charge in [0.25, 0.3) is 5.91 Å². The van der Waals surface area contributed by atoms with Crippen LogP contribution in [0, 0.1) is 11.8 Å². The predicted molar refractivity (Wildman–Crippen MR) is 125 cm³/mol. The molecule has 4 N–H and O–H groups in total. The fourth-order valence-corrected chi connectivity index (χ4v) is 3.95. The largest absolute Gasteiger partial charge is 0.369 e. The summed E-state index contributed by atoms with van der Waals surface area (Å²) in [6.45, 7) is 6.16. The van der Waals surface area contributed by atoms with Crippen LogP contribution in [0.1, 0.15) is 42.6 Å². The summed E-state index contributed by atoms with van der Waals surface area (Å²) in [4.78, 5) is 39.1. The highest BCUT2D eigenvalue weighted by atomic mass is 16.2. The second-order valence-corrected chi connectivity index (χ2v) is 8.72. The molecular formula is C25H32N4O3. The minimum Gasteiger partial charge on any atom is -0.369 e. The van der Waals surface area contributed by atoms with E-state index in [1.54, 1.807) is 24.3 Å². The minimum atomic E-state index is -0.651. The first kappa shape index (κ1) is 23.5. The highest BCUT2D eigenvalue weighted by molar-refractivity contribution is 6.01. The molecule has 3 amide bonds. The summed E-state index contributed by atoms with van der Waals surface area (Å²) in [6, 6.07) is 15.9. The number of nitrogens with zero attached hydrogens (tertiary/aromatic N) is 1. The molecule has 1 aliphatic rings. The average Bonchev–Trinajstić information content (AvgIpc) is 2.79. The number of carbonyl (C=O) groups is 3. The Morgan fingerprint density at radius 2 is 1.75 bits per heavy atom. The monoisotopic (exact) mass is 436 g/mol. The normalized spacial score (nSPS) is 17.5. The fourth-order valence-electron chi connectivity index (χ4n) is 3.95. The molecule has 2 aromatic carbocycles. The van der Waals surface area contributed by atoms with Gasteiger partial charge in [-0.05, 0) is 55.1 Å². The summed E-state index contributed by atoms with van der Waals surface area (Å²) in [5.41, 5.74) is 7.76. The number of nitrogens with one attached hydrogen (secondary N) is 2. The number of benzene rings is 2. The molecular weight excluding hydrogens is 404 g/mol. The molecule has 0 aromatic heterocycles. The highest BCUT2D eigenvalue weighted by Crippen LogP contribution is 2.19. The lowest BCUT2D eigenvalue weighted by atomic mass is 9.97. The zero-order valence-electron chi connectivity index (χ0n) is 18.7. The standard InChI is InChI=1S/C25H32N4O3/c1-17(2)22(28-24(31)19-7-4-3-5-8-19)25(32)27-21-12-10-18(11-13-21)15-29-14-6-9-20(16-29)23(26)30/h3-5,7-8,10-13,17,20,22H,6,9,14-16H2,1-2H3,(H2,26,30)(H,27,32)(H,28,31). The Labute approximate surface area is 189 Å². The van der Waals surface area contributed by atoms with Gasteiger partial charge in [-0.2, -0.15) is 0 Å². The summed E-state index contributed by atoms with van der Waals surface area (Å²) in [5, 5.41) is 5.74. The van der Waals surface area contributed by atoms with Crippen molar-refractivity contribution in [2.24, 2.45) is 17.6 Å². The van der Waals surface area contributed by atoms with Crippen molar-refractivity contribution in [3.05, 3.63) is 65.7 Å². The molecule has 0 radical (unpaired) electrons. The molecule has 0 spiro atoms. The van der Waals surface area contributed by atoms with Crippen LogP contribution >= 0.6 is 0 Å². The van der Waals surface area contributed by atoms with E-state index in [4.69, 9.17) is 5.73 Å². The molecule has 7 nitrogen and oxygen atoms in total. The lowest BCUT2D eigenvalue weighted by Gasteiger charge is -2.31. The summed E-state index contributed by atoms with van der Waals surface area (Å²) >= 11 is 0. The van der Waals surface area contributed by atoms with E-state index in [2.05, 4.69) is 15.5 Å². The Hall–Kier alpha value is -3.19. The van der Waals surface area contributed by atoms with Crippen LogP contribution in [0.5, 0.6) is 0 Å². The van der Waals surface area contributed by atoms with Crippen molar-refractivity contribution in [3.8, 4) is 0 Å². The molecule has 2 atom stereocenters. The van der Waals surface area contributed by atoms with Crippen molar-refractivity contribution in [2.75, 3.05) is 18.4 Å². The SMILES string of the molecule is CC(C)C(NC(=O)c1ccccc1)C(=O)Nc1ccc(CN2CCCC(C(N)=O)C2)cc1. The molecule has 2 aromatic rings. The lowest BCUT2D eigenvalue weighted by Crippen LogP contribution is -2.47. The number of rotatable bonds is 8. The van der Waals surface area contributed by atoms with Crippen molar-refractivity contribution in [1.82, 2.24) is 10.2 Å². The second kappa shape index (κ2) is 10.9. The smallest absolute Gasteiger partial charge is 0.251 e. The van der Waals surface area contributed by atoms with E-state index in [0.29, 0.717) is 17.8 Å². The molecule has 3 rings (SSSR count). The van der Waals surface area contributed by atoms with E-state index in [1.807, 2.05) is 44.2 Å². The topological polar surface area (TPSA) is 105 Å². The van der Waals surface area contributed by atoms with Crippen molar-refractivity contribution in [1.29, 1.82) is 0 Å². The van der Waals surface area contributed by atoms with E-state index in [-0.39, 0.29) is 29.6 Å². The van der Waals surface area contributed by atoms with Crippen LogP contribution in [0.15, 0.2) is 54.6 Å². The maximum Gasteiger partial charge on any atom is 0.251 e. The van der Waals surface area contributed by atoms with Gasteiger partial charge in [-0.25, -0.2) is 0 Å². The first-order chi connectivity index (χ1) is 15.3. The summed E-state index contributed by atoms with van der Waals surface area (Å²) < 4.78 is 0. The Morgan fingerprint density at radius 1 is 1.06 bits per heavy atom. The number of anilines is 1. The van der Waals surface area contributed by atoms with Gasteiger partial charge in [0.15, 0.2) is 0 Å². The molecule has 1 saturated heterocycles. The Morgan fingerprint density at radius 3 is 2.38 bits per heavy atom. The van der Waals surface area contributed by atoms with E-state index in [9.17, 15) is 14.4 Å². The van der Waals surface area contributed by atoms with Gasteiger partial charge in [0.1, 0.15) is 6.04 Å². The third-order valence-electron chi connectivity index (χ3n) is 5.81. The lowest BCUT2D eigenvalue weighted by molar-refractivity contribution is -0.123. The van der Waals surface area contributed by atoms with Gasteiger partial charge in [0.05, 0.1) is 5.92 Å². The van der Waals surface area contributed by atoms with Crippen LogP contribution in [0.3, 0.4) is 0 Å². The van der Waals surface area contributed by atoms with Gasteiger partial charge >= 0.3 is 0 Å². The maximum atomic E-state index is 12.8. The zero-order valence-corrected chi connectivity index (χ0v) is 18.7. The number of primary amides is 1. The Kier molecular flexibility index (Phi) is 8.00. The highest BCUT2D eigenvalue weighted by Gasteiger charge is 2.25. The van der Waals surface area contributed by atoms with Crippen molar-refractivity contribution >= 4 is 23.4 Å². The number of carbonyl (C=O) groups excluding carboxylic acids is 3. The summed E-state index contributed by atoms with van der Waals surface area (Å²) in [6.07, 6.45) is 1.82. The third kappa shape index (κ3) is 6.40. The van der Waals surface area contributed by atoms with Crippen molar-refractivity contribution < 1.29 is 14.4 Å². The van der Waals surface area contributed by atoms with E-state index >= 15 is 0 Å². The summed E-state index contributed by atoms with van der Waals surface area (Å²) in [5.74, 6) is -0.907. The Balaban J connectivity index is 1.57. The average molecular weight is 437 g/mol. The summed E-state index contributed by atoms with van der Waals surface area (Å²) in [7, 11) is 0. The third-order valence-corrected chi connectivity index (χ3v) is 5.81. The molecule has 0 saturated carbocycles. The first-order valence-electron chi connectivity index (χ1n) is 11.1. The number of hydrogen-bond donors (Lipinski definition) is 3.